The molecule has 1 aliphatic rings. The van der Waals surface area contributed by atoms with Gasteiger partial charge < -0.3 is 9.64 Å². The molecule has 1 aliphatic carbocycles. The number of esters is 1. The number of carbonyl (C=O) groups excluding carboxylic acids is 2. The van der Waals surface area contributed by atoms with Gasteiger partial charge in [-0.1, -0.05) is 30.9 Å². The first-order valence-electron chi connectivity index (χ1n) is 9.11. The van der Waals surface area contributed by atoms with Gasteiger partial charge in [-0.3, -0.25) is 4.79 Å². The summed E-state index contributed by atoms with van der Waals surface area (Å²) in [6.07, 6.45) is 5.62. The summed E-state index contributed by atoms with van der Waals surface area (Å²) in [7, 11) is 0. The number of nitrogens with zero attached hydrogens (tertiary/aromatic N) is 2. The van der Waals surface area contributed by atoms with Crippen LogP contribution in [0.15, 0.2) is 30.3 Å². The predicted molar refractivity (Wildman–Crippen MR) is 101 cm³/mol. The molecule has 0 atom stereocenters. The standard InChI is InChI=1S/C20H23ClN2O3/c1-2-23(16-6-4-3-5-7-16)19(24)13-26-20(25)15-8-10-17-14(12-15)9-11-18(21)22-17/h8-12,16H,2-7,13H2,1H3. The summed E-state index contributed by atoms with van der Waals surface area (Å²) in [4.78, 5) is 30.8. The molecule has 6 heteroatoms. The van der Waals surface area contributed by atoms with Crippen molar-refractivity contribution in [3.05, 3.63) is 41.0 Å². The monoisotopic (exact) mass is 374 g/mol. The van der Waals surface area contributed by atoms with Crippen molar-refractivity contribution in [2.45, 2.75) is 45.1 Å². The number of likely N-dealkylation sites (N-methyl/N-ethyl adjacent to an activating group) is 1. The smallest absolute Gasteiger partial charge is 0.338 e. The Labute approximate surface area is 158 Å². The Morgan fingerprint density at radius 1 is 1.19 bits per heavy atom. The first kappa shape index (κ1) is 18.6. The topological polar surface area (TPSA) is 59.5 Å². The summed E-state index contributed by atoms with van der Waals surface area (Å²) in [6.45, 7) is 2.39. The maximum atomic E-state index is 12.5. The molecule has 0 N–H and O–H groups in total. The largest absolute Gasteiger partial charge is 0.452 e. The summed E-state index contributed by atoms with van der Waals surface area (Å²) in [6, 6.07) is 8.80. The van der Waals surface area contributed by atoms with Crippen LogP contribution in [-0.2, 0) is 9.53 Å². The molecule has 26 heavy (non-hydrogen) atoms. The highest BCUT2D eigenvalue weighted by atomic mass is 35.5. The lowest BCUT2D eigenvalue weighted by Crippen LogP contribution is -2.43. The SMILES string of the molecule is CCN(C(=O)COC(=O)c1ccc2nc(Cl)ccc2c1)C1CCCCC1. The Hall–Kier alpha value is -2.14. The number of halogens is 1. The molecule has 5 nitrogen and oxygen atoms in total. The normalized spacial score (nSPS) is 15.0. The van der Waals surface area contributed by atoms with Gasteiger partial charge in [0.2, 0.25) is 0 Å². The van der Waals surface area contributed by atoms with E-state index in [0.29, 0.717) is 22.8 Å². The van der Waals surface area contributed by atoms with Crippen LogP contribution < -0.4 is 0 Å². The van der Waals surface area contributed by atoms with E-state index in [1.807, 2.05) is 11.8 Å². The molecular weight excluding hydrogens is 352 g/mol. The number of fused-ring (bicyclic) bond motifs is 1. The highest BCUT2D eigenvalue weighted by Crippen LogP contribution is 2.23. The van der Waals surface area contributed by atoms with Crippen molar-refractivity contribution in [3.8, 4) is 0 Å². The number of aromatic nitrogens is 1. The molecule has 0 saturated heterocycles. The minimum absolute atomic E-state index is 0.123. The Balaban J connectivity index is 1.62. The lowest BCUT2D eigenvalue weighted by atomic mass is 9.94. The summed E-state index contributed by atoms with van der Waals surface area (Å²) in [5, 5.41) is 1.20. The number of rotatable bonds is 5. The van der Waals surface area contributed by atoms with Crippen LogP contribution in [0.2, 0.25) is 5.15 Å². The summed E-state index contributed by atoms with van der Waals surface area (Å²) in [5.41, 5.74) is 1.11. The zero-order valence-electron chi connectivity index (χ0n) is 14.9. The fraction of sp³-hybridized carbons (Fsp3) is 0.450. The fourth-order valence-corrected chi connectivity index (χ4v) is 3.71. The highest BCUT2D eigenvalue weighted by molar-refractivity contribution is 6.29. The van der Waals surface area contributed by atoms with E-state index in [1.165, 1.54) is 6.42 Å². The predicted octanol–water partition coefficient (Wildman–Crippen LogP) is 4.23. The van der Waals surface area contributed by atoms with Gasteiger partial charge in [0, 0.05) is 18.0 Å². The van der Waals surface area contributed by atoms with Gasteiger partial charge in [-0.15, -0.1) is 0 Å². The number of amides is 1. The Kier molecular flexibility index (Phi) is 6.09. The first-order valence-corrected chi connectivity index (χ1v) is 9.49. The second-order valence-electron chi connectivity index (χ2n) is 6.59. The van der Waals surface area contributed by atoms with Crippen LogP contribution in [0.25, 0.3) is 10.9 Å². The van der Waals surface area contributed by atoms with Crippen LogP contribution >= 0.6 is 11.6 Å². The van der Waals surface area contributed by atoms with Crippen LogP contribution in [0.5, 0.6) is 0 Å². The molecule has 1 heterocycles. The lowest BCUT2D eigenvalue weighted by Gasteiger charge is -2.33. The van der Waals surface area contributed by atoms with Gasteiger partial charge in [0.05, 0.1) is 11.1 Å². The Morgan fingerprint density at radius 2 is 1.96 bits per heavy atom. The number of hydrogen-bond donors (Lipinski definition) is 0. The van der Waals surface area contributed by atoms with Gasteiger partial charge in [0.15, 0.2) is 6.61 Å². The van der Waals surface area contributed by atoms with Crippen molar-refractivity contribution >= 4 is 34.4 Å². The Morgan fingerprint density at radius 3 is 2.69 bits per heavy atom. The van der Waals surface area contributed by atoms with E-state index in [-0.39, 0.29) is 18.6 Å². The van der Waals surface area contributed by atoms with Crippen molar-refractivity contribution in [1.29, 1.82) is 0 Å². The Bertz CT molecular complexity index is 803. The molecule has 1 saturated carbocycles. The van der Waals surface area contributed by atoms with Gasteiger partial charge in [-0.05, 0) is 50.1 Å². The number of benzene rings is 1. The molecule has 1 fully saturated rings. The second-order valence-corrected chi connectivity index (χ2v) is 6.98. The van der Waals surface area contributed by atoms with Gasteiger partial charge in [0.1, 0.15) is 5.15 Å². The summed E-state index contributed by atoms with van der Waals surface area (Å²) >= 11 is 5.87. The molecule has 138 valence electrons. The number of ether oxygens (including phenoxy) is 1. The van der Waals surface area contributed by atoms with Crippen molar-refractivity contribution in [2.24, 2.45) is 0 Å². The van der Waals surface area contributed by atoms with Gasteiger partial charge in [0.25, 0.3) is 5.91 Å². The average Bonchev–Trinajstić information content (AvgIpc) is 2.67. The summed E-state index contributed by atoms with van der Waals surface area (Å²) in [5.74, 6) is -0.628. The van der Waals surface area contributed by atoms with Crippen LogP contribution in [0.3, 0.4) is 0 Å². The maximum absolute atomic E-state index is 12.5. The first-order chi connectivity index (χ1) is 12.6. The van der Waals surface area contributed by atoms with Gasteiger partial charge in [-0.25, -0.2) is 9.78 Å². The van der Waals surface area contributed by atoms with E-state index in [9.17, 15) is 9.59 Å². The highest BCUT2D eigenvalue weighted by Gasteiger charge is 2.25. The number of hydrogen-bond acceptors (Lipinski definition) is 4. The van der Waals surface area contributed by atoms with Crippen LogP contribution in [0, 0.1) is 0 Å². The second kappa shape index (κ2) is 8.49. The van der Waals surface area contributed by atoms with Crippen molar-refractivity contribution in [1.82, 2.24) is 9.88 Å². The quantitative estimate of drug-likeness (QED) is 0.580. The van der Waals surface area contributed by atoms with Gasteiger partial charge >= 0.3 is 5.97 Å². The number of pyridine rings is 1. The van der Waals surface area contributed by atoms with Crippen LogP contribution in [-0.4, -0.2) is 41.0 Å². The molecular formula is C20H23ClN2O3. The van der Waals surface area contributed by atoms with E-state index in [1.54, 1.807) is 30.3 Å². The van der Waals surface area contributed by atoms with E-state index >= 15 is 0 Å². The minimum Gasteiger partial charge on any atom is -0.452 e. The molecule has 1 amide bonds. The zero-order valence-corrected chi connectivity index (χ0v) is 15.7. The minimum atomic E-state index is -0.505. The zero-order chi connectivity index (χ0) is 18.5. The van der Waals surface area contributed by atoms with E-state index in [0.717, 1.165) is 31.1 Å². The molecule has 0 radical (unpaired) electrons. The molecule has 3 rings (SSSR count). The third kappa shape index (κ3) is 4.33. The molecule has 0 unspecified atom stereocenters. The molecule has 0 spiro atoms. The lowest BCUT2D eigenvalue weighted by molar-refractivity contribution is -0.137. The van der Waals surface area contributed by atoms with Crippen molar-refractivity contribution < 1.29 is 14.3 Å². The third-order valence-corrected chi connectivity index (χ3v) is 5.10. The average molecular weight is 375 g/mol. The fourth-order valence-electron chi connectivity index (χ4n) is 3.55. The molecule has 2 aromatic rings. The van der Waals surface area contributed by atoms with Gasteiger partial charge in [-0.2, -0.15) is 0 Å². The van der Waals surface area contributed by atoms with E-state index < -0.39 is 5.97 Å². The molecule has 0 aliphatic heterocycles. The van der Waals surface area contributed by atoms with Crippen LogP contribution in [0.1, 0.15) is 49.4 Å². The third-order valence-electron chi connectivity index (χ3n) is 4.89. The van der Waals surface area contributed by atoms with E-state index in [2.05, 4.69) is 4.98 Å². The van der Waals surface area contributed by atoms with E-state index in [4.69, 9.17) is 16.3 Å². The molecule has 0 bridgehead atoms. The molecule has 1 aromatic heterocycles. The molecule has 1 aromatic carbocycles. The maximum Gasteiger partial charge on any atom is 0.338 e. The van der Waals surface area contributed by atoms with Crippen molar-refractivity contribution in [2.75, 3.05) is 13.2 Å². The van der Waals surface area contributed by atoms with Crippen molar-refractivity contribution in [3.63, 3.8) is 0 Å². The summed E-state index contributed by atoms with van der Waals surface area (Å²) < 4.78 is 5.26. The number of carbonyl (C=O) groups is 2. The van der Waals surface area contributed by atoms with Crippen LogP contribution in [0.4, 0.5) is 0 Å².